The monoisotopic (exact) mass is 269 g/mol. The first-order valence-electron chi connectivity index (χ1n) is 6.37. The van der Waals surface area contributed by atoms with Crippen LogP contribution in [0.25, 0.3) is 0 Å². The van der Waals surface area contributed by atoms with Crippen molar-refractivity contribution in [1.82, 2.24) is 5.32 Å². The van der Waals surface area contributed by atoms with Gasteiger partial charge in [-0.3, -0.25) is 4.79 Å². The Labute approximate surface area is 112 Å². The van der Waals surface area contributed by atoms with Gasteiger partial charge in [-0.05, 0) is 31.5 Å². The summed E-state index contributed by atoms with van der Waals surface area (Å²) in [7, 11) is 0. The van der Waals surface area contributed by atoms with Crippen LogP contribution < -0.4 is 5.32 Å². The molecule has 1 aromatic carbocycles. The smallest absolute Gasteiger partial charge is 0.154 e. The van der Waals surface area contributed by atoms with Gasteiger partial charge in [0, 0.05) is 17.0 Å². The lowest BCUT2D eigenvalue weighted by molar-refractivity contribution is -0.120. The van der Waals surface area contributed by atoms with Crippen LogP contribution in [0.2, 0.25) is 5.02 Å². The van der Waals surface area contributed by atoms with Crippen molar-refractivity contribution in [2.24, 2.45) is 0 Å². The third-order valence-corrected chi connectivity index (χ3v) is 3.72. The van der Waals surface area contributed by atoms with Crippen molar-refractivity contribution in [1.29, 1.82) is 0 Å². The minimum Gasteiger partial charge on any atom is -0.307 e. The molecule has 2 rings (SSSR count). The van der Waals surface area contributed by atoms with Gasteiger partial charge in [-0.15, -0.1) is 0 Å². The summed E-state index contributed by atoms with van der Waals surface area (Å²) in [6.07, 6.45) is 4.21. The lowest BCUT2D eigenvalue weighted by Crippen LogP contribution is -2.37. The number of rotatable bonds is 3. The average Bonchev–Trinajstić information content (AvgIpc) is 2.62. The van der Waals surface area contributed by atoms with Crippen LogP contribution in [0, 0.1) is 5.82 Å². The summed E-state index contributed by atoms with van der Waals surface area (Å²) in [6.45, 7) is 0.863. The highest BCUT2D eigenvalue weighted by Gasteiger charge is 2.21. The van der Waals surface area contributed by atoms with Crippen LogP contribution in [0.1, 0.15) is 31.2 Å². The topological polar surface area (TPSA) is 29.1 Å². The third-order valence-electron chi connectivity index (χ3n) is 3.36. The molecule has 1 aliphatic heterocycles. The highest BCUT2D eigenvalue weighted by atomic mass is 35.5. The van der Waals surface area contributed by atoms with Gasteiger partial charge in [-0.2, -0.15) is 0 Å². The number of benzene rings is 1. The van der Waals surface area contributed by atoms with E-state index < -0.39 is 5.82 Å². The number of nitrogens with one attached hydrogen (secondary N) is 1. The standard InChI is InChI=1S/C14H17ClFNO/c15-11-5-4-6-12(16)10(11)9-14(18)13-7-2-1-3-8-17-13/h4-6,13,17H,1-3,7-9H2. The largest absolute Gasteiger partial charge is 0.307 e. The van der Waals surface area contributed by atoms with E-state index in [0.29, 0.717) is 10.6 Å². The van der Waals surface area contributed by atoms with Crippen molar-refractivity contribution in [3.8, 4) is 0 Å². The van der Waals surface area contributed by atoms with E-state index in [1.165, 1.54) is 6.07 Å². The lowest BCUT2D eigenvalue weighted by Gasteiger charge is -2.15. The molecular weight excluding hydrogens is 253 g/mol. The number of carbonyl (C=O) groups is 1. The van der Waals surface area contributed by atoms with E-state index in [9.17, 15) is 9.18 Å². The summed E-state index contributed by atoms with van der Waals surface area (Å²) < 4.78 is 13.6. The van der Waals surface area contributed by atoms with Gasteiger partial charge in [0.05, 0.1) is 6.04 Å². The number of halogens is 2. The van der Waals surface area contributed by atoms with E-state index in [1.807, 2.05) is 0 Å². The van der Waals surface area contributed by atoms with Gasteiger partial charge in [-0.25, -0.2) is 4.39 Å². The fraction of sp³-hybridized carbons (Fsp3) is 0.500. The van der Waals surface area contributed by atoms with Crippen LogP contribution in [-0.4, -0.2) is 18.4 Å². The maximum atomic E-state index is 13.6. The fourth-order valence-corrected chi connectivity index (χ4v) is 2.53. The molecule has 18 heavy (non-hydrogen) atoms. The van der Waals surface area contributed by atoms with Crippen LogP contribution >= 0.6 is 11.6 Å². The molecule has 2 nitrogen and oxygen atoms in total. The summed E-state index contributed by atoms with van der Waals surface area (Å²) in [5, 5.41) is 3.56. The Morgan fingerprint density at radius 2 is 2.22 bits per heavy atom. The number of hydrogen-bond acceptors (Lipinski definition) is 2. The van der Waals surface area contributed by atoms with Gasteiger partial charge >= 0.3 is 0 Å². The summed E-state index contributed by atoms with van der Waals surface area (Å²) in [4.78, 5) is 12.1. The molecule has 0 saturated carbocycles. The Balaban J connectivity index is 2.06. The zero-order valence-electron chi connectivity index (χ0n) is 10.2. The first kappa shape index (κ1) is 13.5. The van der Waals surface area contributed by atoms with E-state index >= 15 is 0 Å². The molecule has 1 unspecified atom stereocenters. The number of carbonyl (C=O) groups excluding carboxylic acids is 1. The molecule has 4 heteroatoms. The van der Waals surface area contributed by atoms with Gasteiger partial charge in [-0.1, -0.05) is 30.5 Å². The fourth-order valence-electron chi connectivity index (χ4n) is 2.30. The van der Waals surface area contributed by atoms with E-state index in [-0.39, 0.29) is 18.2 Å². The molecule has 0 aliphatic carbocycles. The predicted octanol–water partition coefficient (Wildman–Crippen LogP) is 3.12. The second kappa shape index (κ2) is 6.30. The SMILES string of the molecule is O=C(Cc1c(F)cccc1Cl)C1CCCCCN1. The molecule has 0 spiro atoms. The van der Waals surface area contributed by atoms with Crippen molar-refractivity contribution in [3.63, 3.8) is 0 Å². The Morgan fingerprint density at radius 3 is 3.00 bits per heavy atom. The van der Waals surface area contributed by atoms with Crippen molar-refractivity contribution in [3.05, 3.63) is 34.6 Å². The van der Waals surface area contributed by atoms with E-state index in [2.05, 4.69) is 5.32 Å². The van der Waals surface area contributed by atoms with Crippen molar-refractivity contribution >= 4 is 17.4 Å². The molecule has 0 aromatic heterocycles. The molecule has 0 amide bonds. The highest BCUT2D eigenvalue weighted by Crippen LogP contribution is 2.21. The Kier molecular flexibility index (Phi) is 4.72. The van der Waals surface area contributed by atoms with E-state index in [1.54, 1.807) is 12.1 Å². The first-order valence-corrected chi connectivity index (χ1v) is 6.75. The summed E-state index contributed by atoms with van der Waals surface area (Å²) in [6, 6.07) is 4.36. The maximum absolute atomic E-state index is 13.6. The third kappa shape index (κ3) is 3.30. The van der Waals surface area contributed by atoms with Crippen LogP contribution in [-0.2, 0) is 11.2 Å². The molecule has 1 atom stereocenters. The second-order valence-corrected chi connectivity index (χ2v) is 5.11. The van der Waals surface area contributed by atoms with Gasteiger partial charge in [0.1, 0.15) is 5.82 Å². The normalized spacial score (nSPS) is 20.4. The summed E-state index contributed by atoms with van der Waals surface area (Å²) in [5.74, 6) is -0.367. The summed E-state index contributed by atoms with van der Waals surface area (Å²) >= 11 is 5.93. The molecule has 0 radical (unpaired) electrons. The minimum absolute atomic E-state index is 0.0314. The molecule has 1 N–H and O–H groups in total. The van der Waals surface area contributed by atoms with Gasteiger partial charge in [0.2, 0.25) is 0 Å². The number of ketones is 1. The molecule has 1 fully saturated rings. The average molecular weight is 270 g/mol. The van der Waals surface area contributed by atoms with Gasteiger partial charge in [0.25, 0.3) is 0 Å². The molecule has 0 bridgehead atoms. The Morgan fingerprint density at radius 1 is 1.39 bits per heavy atom. The van der Waals surface area contributed by atoms with Gasteiger partial charge < -0.3 is 5.32 Å². The zero-order chi connectivity index (χ0) is 13.0. The molecule has 98 valence electrons. The first-order chi connectivity index (χ1) is 8.68. The molecule has 1 aromatic rings. The predicted molar refractivity (Wildman–Crippen MR) is 70.4 cm³/mol. The molecular formula is C14H17ClFNO. The van der Waals surface area contributed by atoms with Gasteiger partial charge in [0.15, 0.2) is 5.78 Å². The number of hydrogen-bond donors (Lipinski definition) is 1. The van der Waals surface area contributed by atoms with Crippen molar-refractivity contribution in [2.45, 2.75) is 38.1 Å². The zero-order valence-corrected chi connectivity index (χ0v) is 11.0. The maximum Gasteiger partial charge on any atom is 0.154 e. The van der Waals surface area contributed by atoms with Crippen LogP contribution in [0.5, 0.6) is 0 Å². The quantitative estimate of drug-likeness (QED) is 0.913. The van der Waals surface area contributed by atoms with Crippen molar-refractivity contribution in [2.75, 3.05) is 6.54 Å². The number of Topliss-reactive ketones (excluding diaryl/α,β-unsaturated/α-hetero) is 1. The van der Waals surface area contributed by atoms with Crippen LogP contribution in [0.15, 0.2) is 18.2 Å². The lowest BCUT2D eigenvalue weighted by atomic mass is 10.00. The van der Waals surface area contributed by atoms with Crippen molar-refractivity contribution < 1.29 is 9.18 Å². The van der Waals surface area contributed by atoms with Crippen LogP contribution in [0.4, 0.5) is 4.39 Å². The molecule has 1 heterocycles. The minimum atomic E-state index is -0.399. The van der Waals surface area contributed by atoms with E-state index in [4.69, 9.17) is 11.6 Å². The second-order valence-electron chi connectivity index (χ2n) is 4.70. The van der Waals surface area contributed by atoms with Crippen LogP contribution in [0.3, 0.4) is 0 Å². The summed E-state index contributed by atoms with van der Waals surface area (Å²) in [5.41, 5.74) is 0.315. The Bertz CT molecular complexity index is 408. The molecule has 1 saturated heterocycles. The van der Waals surface area contributed by atoms with E-state index in [0.717, 1.165) is 32.2 Å². The highest BCUT2D eigenvalue weighted by molar-refractivity contribution is 6.31. The molecule has 1 aliphatic rings. The Hall–Kier alpha value is -0.930.